The van der Waals surface area contributed by atoms with Crippen molar-refractivity contribution < 1.29 is 4.52 Å². The predicted octanol–water partition coefficient (Wildman–Crippen LogP) is 2.02. The summed E-state index contributed by atoms with van der Waals surface area (Å²) in [6, 6.07) is 9.84. The molecule has 1 aromatic heterocycles. The molecule has 2 heterocycles. The summed E-state index contributed by atoms with van der Waals surface area (Å²) in [7, 11) is 0. The SMILES string of the molecule is N=C1c2ccccc2CN1Cc1ccno1. The molecule has 2 aromatic rings. The summed E-state index contributed by atoms with van der Waals surface area (Å²) in [6.45, 7) is 1.38. The summed E-state index contributed by atoms with van der Waals surface area (Å²) in [6.07, 6.45) is 1.63. The lowest BCUT2D eigenvalue weighted by Gasteiger charge is -2.15. The Morgan fingerprint density at radius 3 is 2.94 bits per heavy atom. The van der Waals surface area contributed by atoms with Crippen LogP contribution in [0.25, 0.3) is 0 Å². The van der Waals surface area contributed by atoms with E-state index in [4.69, 9.17) is 9.93 Å². The Hall–Kier alpha value is -2.10. The summed E-state index contributed by atoms with van der Waals surface area (Å²) in [4.78, 5) is 1.98. The lowest BCUT2D eigenvalue weighted by atomic mass is 10.1. The third kappa shape index (κ3) is 1.39. The van der Waals surface area contributed by atoms with Crippen molar-refractivity contribution in [3.63, 3.8) is 0 Å². The van der Waals surface area contributed by atoms with Gasteiger partial charge in [-0.3, -0.25) is 5.41 Å². The van der Waals surface area contributed by atoms with Gasteiger partial charge >= 0.3 is 0 Å². The highest BCUT2D eigenvalue weighted by Gasteiger charge is 2.24. The molecule has 0 radical (unpaired) electrons. The van der Waals surface area contributed by atoms with Crippen molar-refractivity contribution in [1.29, 1.82) is 5.41 Å². The molecule has 0 saturated carbocycles. The van der Waals surface area contributed by atoms with Crippen LogP contribution in [-0.4, -0.2) is 15.9 Å². The molecule has 0 atom stereocenters. The standard InChI is InChI=1S/C12H11N3O/c13-12-11-4-2-1-3-9(11)7-15(12)8-10-5-6-14-16-10/h1-6,13H,7-8H2. The molecule has 1 aliphatic heterocycles. The normalized spacial score (nSPS) is 14.2. The van der Waals surface area contributed by atoms with Crippen LogP contribution in [0.2, 0.25) is 0 Å². The highest BCUT2D eigenvalue weighted by Crippen LogP contribution is 2.23. The van der Waals surface area contributed by atoms with E-state index in [1.165, 1.54) is 5.56 Å². The van der Waals surface area contributed by atoms with Gasteiger partial charge in [0.15, 0.2) is 5.76 Å². The molecule has 0 amide bonds. The van der Waals surface area contributed by atoms with Gasteiger partial charge in [0.05, 0.1) is 12.7 Å². The maximum atomic E-state index is 8.05. The Morgan fingerprint density at radius 1 is 1.31 bits per heavy atom. The van der Waals surface area contributed by atoms with Crippen molar-refractivity contribution in [2.45, 2.75) is 13.1 Å². The van der Waals surface area contributed by atoms with E-state index in [-0.39, 0.29) is 0 Å². The maximum Gasteiger partial charge on any atom is 0.156 e. The first kappa shape index (κ1) is 9.15. The molecular formula is C12H11N3O. The number of nitrogens with one attached hydrogen (secondary N) is 1. The number of amidine groups is 1. The summed E-state index contributed by atoms with van der Waals surface area (Å²) in [5, 5.41) is 11.7. The third-order valence-corrected chi connectivity index (χ3v) is 2.79. The minimum atomic E-state index is 0.562. The van der Waals surface area contributed by atoms with E-state index >= 15 is 0 Å². The fraction of sp³-hybridized carbons (Fsp3) is 0.167. The molecule has 0 fully saturated rings. The lowest BCUT2D eigenvalue weighted by Crippen LogP contribution is -2.22. The number of nitrogens with zero attached hydrogens (tertiary/aromatic N) is 2. The van der Waals surface area contributed by atoms with E-state index in [2.05, 4.69) is 11.2 Å². The number of fused-ring (bicyclic) bond motifs is 1. The van der Waals surface area contributed by atoms with Gasteiger partial charge in [0, 0.05) is 18.2 Å². The van der Waals surface area contributed by atoms with Crippen LogP contribution in [0.4, 0.5) is 0 Å². The largest absolute Gasteiger partial charge is 0.360 e. The zero-order valence-electron chi connectivity index (χ0n) is 8.68. The number of hydrogen-bond acceptors (Lipinski definition) is 3. The van der Waals surface area contributed by atoms with Gasteiger partial charge in [0.25, 0.3) is 0 Å². The molecule has 1 N–H and O–H groups in total. The fourth-order valence-corrected chi connectivity index (χ4v) is 1.99. The Bertz CT molecular complexity index is 517. The van der Waals surface area contributed by atoms with Crippen molar-refractivity contribution in [2.75, 3.05) is 0 Å². The molecule has 4 heteroatoms. The van der Waals surface area contributed by atoms with Gasteiger partial charge in [-0.1, -0.05) is 29.4 Å². The highest BCUT2D eigenvalue weighted by molar-refractivity contribution is 6.00. The first-order chi connectivity index (χ1) is 7.84. The minimum Gasteiger partial charge on any atom is -0.360 e. The monoisotopic (exact) mass is 213 g/mol. The van der Waals surface area contributed by atoms with E-state index in [0.29, 0.717) is 12.4 Å². The van der Waals surface area contributed by atoms with Crippen LogP contribution in [0.1, 0.15) is 16.9 Å². The molecular weight excluding hydrogens is 202 g/mol. The molecule has 0 unspecified atom stereocenters. The molecule has 0 bridgehead atoms. The Morgan fingerprint density at radius 2 is 2.19 bits per heavy atom. The minimum absolute atomic E-state index is 0.562. The van der Waals surface area contributed by atoms with Crippen molar-refractivity contribution >= 4 is 5.84 Å². The third-order valence-electron chi connectivity index (χ3n) is 2.79. The second-order valence-corrected chi connectivity index (χ2v) is 3.84. The zero-order chi connectivity index (χ0) is 11.0. The van der Waals surface area contributed by atoms with Gasteiger partial charge in [0.1, 0.15) is 5.84 Å². The Labute approximate surface area is 93.0 Å². The van der Waals surface area contributed by atoms with Crippen molar-refractivity contribution in [3.8, 4) is 0 Å². The molecule has 0 spiro atoms. The van der Waals surface area contributed by atoms with Crippen LogP contribution in [0.3, 0.4) is 0 Å². The average Bonchev–Trinajstić information content (AvgIpc) is 2.90. The van der Waals surface area contributed by atoms with E-state index in [1.54, 1.807) is 6.20 Å². The van der Waals surface area contributed by atoms with E-state index < -0.39 is 0 Å². The van der Waals surface area contributed by atoms with Gasteiger partial charge in [-0.2, -0.15) is 0 Å². The second-order valence-electron chi connectivity index (χ2n) is 3.84. The van der Waals surface area contributed by atoms with Gasteiger partial charge < -0.3 is 9.42 Å². The zero-order valence-corrected chi connectivity index (χ0v) is 8.68. The van der Waals surface area contributed by atoms with Crippen LogP contribution in [0, 0.1) is 5.41 Å². The summed E-state index contributed by atoms with van der Waals surface area (Å²) < 4.78 is 5.05. The topological polar surface area (TPSA) is 53.1 Å². The van der Waals surface area contributed by atoms with Crippen molar-refractivity contribution in [2.24, 2.45) is 0 Å². The van der Waals surface area contributed by atoms with E-state index in [1.807, 2.05) is 29.2 Å². The van der Waals surface area contributed by atoms with Gasteiger partial charge in [-0.05, 0) is 5.56 Å². The maximum absolute atomic E-state index is 8.05. The first-order valence-corrected chi connectivity index (χ1v) is 5.16. The van der Waals surface area contributed by atoms with Gasteiger partial charge in [-0.15, -0.1) is 0 Å². The fourth-order valence-electron chi connectivity index (χ4n) is 1.99. The summed E-state index contributed by atoms with van der Waals surface area (Å²) in [5.41, 5.74) is 2.22. The number of hydrogen-bond donors (Lipinski definition) is 1. The number of aromatic nitrogens is 1. The first-order valence-electron chi connectivity index (χ1n) is 5.16. The van der Waals surface area contributed by atoms with Crippen molar-refractivity contribution in [3.05, 3.63) is 53.4 Å². The highest BCUT2D eigenvalue weighted by atomic mass is 16.5. The molecule has 16 heavy (non-hydrogen) atoms. The second kappa shape index (κ2) is 3.48. The van der Waals surface area contributed by atoms with Gasteiger partial charge in [-0.25, -0.2) is 0 Å². The van der Waals surface area contributed by atoms with Crippen molar-refractivity contribution in [1.82, 2.24) is 10.1 Å². The van der Waals surface area contributed by atoms with E-state index in [0.717, 1.165) is 17.9 Å². The molecule has 0 aliphatic carbocycles. The smallest absolute Gasteiger partial charge is 0.156 e. The van der Waals surface area contributed by atoms with Crippen LogP contribution < -0.4 is 0 Å². The van der Waals surface area contributed by atoms with Gasteiger partial charge in [0.2, 0.25) is 0 Å². The molecule has 0 saturated heterocycles. The summed E-state index contributed by atoms with van der Waals surface area (Å²) in [5.74, 6) is 1.35. The molecule has 3 rings (SSSR count). The Balaban J connectivity index is 1.85. The van der Waals surface area contributed by atoms with Crippen LogP contribution in [-0.2, 0) is 13.1 Å². The predicted molar refractivity (Wildman–Crippen MR) is 59.0 cm³/mol. The molecule has 1 aromatic carbocycles. The van der Waals surface area contributed by atoms with Crippen LogP contribution in [0.15, 0.2) is 41.1 Å². The van der Waals surface area contributed by atoms with Crippen LogP contribution in [0.5, 0.6) is 0 Å². The quantitative estimate of drug-likeness (QED) is 0.830. The Kier molecular flexibility index (Phi) is 1.99. The van der Waals surface area contributed by atoms with Crippen LogP contribution >= 0.6 is 0 Å². The molecule has 80 valence electrons. The lowest BCUT2D eigenvalue weighted by molar-refractivity contribution is 0.320. The summed E-state index contributed by atoms with van der Waals surface area (Å²) >= 11 is 0. The molecule has 1 aliphatic rings. The average molecular weight is 213 g/mol. The number of rotatable bonds is 2. The number of benzene rings is 1. The van der Waals surface area contributed by atoms with E-state index in [9.17, 15) is 0 Å². The molecule has 4 nitrogen and oxygen atoms in total.